The minimum absolute atomic E-state index is 0.272. The quantitative estimate of drug-likeness (QED) is 0.476. The summed E-state index contributed by atoms with van der Waals surface area (Å²) in [4.78, 5) is 23.8. The molecule has 0 unspecified atom stereocenters. The molecule has 1 aliphatic carbocycles. The van der Waals surface area contributed by atoms with E-state index in [1.165, 1.54) is 0 Å². The Hall–Kier alpha value is -1.32. The summed E-state index contributed by atoms with van der Waals surface area (Å²) in [5.74, 6) is -1.29. The van der Waals surface area contributed by atoms with Crippen LogP contribution in [0, 0.1) is 17.3 Å². The van der Waals surface area contributed by atoms with E-state index in [1.807, 2.05) is 26.0 Å². The maximum atomic E-state index is 11.9. The van der Waals surface area contributed by atoms with E-state index < -0.39 is 0 Å². The normalized spacial score (nSPS) is 32.6. The third-order valence-corrected chi connectivity index (χ3v) is 3.25. The van der Waals surface area contributed by atoms with E-state index in [0.29, 0.717) is 26.1 Å². The predicted molar refractivity (Wildman–Crippen MR) is 61.1 cm³/mol. The van der Waals surface area contributed by atoms with Crippen LogP contribution in [0.5, 0.6) is 0 Å². The number of cyclic esters (lactones) is 2. The van der Waals surface area contributed by atoms with Gasteiger partial charge in [-0.15, -0.1) is 0 Å². The third-order valence-electron chi connectivity index (χ3n) is 3.25. The van der Waals surface area contributed by atoms with Gasteiger partial charge in [-0.25, -0.2) is 0 Å². The van der Waals surface area contributed by atoms with E-state index in [4.69, 9.17) is 9.47 Å². The average molecular weight is 238 g/mol. The summed E-state index contributed by atoms with van der Waals surface area (Å²) in [6.45, 7) is 4.43. The number of ether oxygens (including phenoxy) is 2. The molecule has 1 heterocycles. The molecule has 0 bridgehead atoms. The van der Waals surface area contributed by atoms with Crippen molar-refractivity contribution in [1.29, 1.82) is 0 Å². The van der Waals surface area contributed by atoms with Crippen molar-refractivity contribution in [3.63, 3.8) is 0 Å². The molecule has 4 nitrogen and oxygen atoms in total. The van der Waals surface area contributed by atoms with Crippen LogP contribution in [-0.4, -0.2) is 25.2 Å². The summed E-state index contributed by atoms with van der Waals surface area (Å²) < 4.78 is 10.6. The highest BCUT2D eigenvalue weighted by atomic mass is 16.6. The summed E-state index contributed by atoms with van der Waals surface area (Å²) in [6.07, 6.45) is 5.00. The van der Waals surface area contributed by atoms with Crippen LogP contribution < -0.4 is 0 Å². The standard InChI is InChI=1S/C13H18O4/c1-13(2)7-16-11(14)9-5-3-4-6-10(9)12(15)17-8-13/h3-4,9-10H,5-8H2,1-2H3/t9-,10-/m1/s1. The lowest BCUT2D eigenvalue weighted by molar-refractivity contribution is -0.157. The molecule has 1 saturated heterocycles. The zero-order valence-electron chi connectivity index (χ0n) is 10.3. The van der Waals surface area contributed by atoms with E-state index in [0.717, 1.165) is 0 Å². The monoisotopic (exact) mass is 238 g/mol. The molecule has 0 aromatic rings. The zero-order chi connectivity index (χ0) is 12.5. The number of hydrogen-bond donors (Lipinski definition) is 0. The SMILES string of the molecule is CC1(C)COC(=O)[C@@H]2CC=CC[C@H]2C(=O)OC1. The van der Waals surface area contributed by atoms with Crippen LogP contribution in [0.3, 0.4) is 0 Å². The smallest absolute Gasteiger partial charge is 0.310 e. The van der Waals surface area contributed by atoms with Crippen LogP contribution in [-0.2, 0) is 19.1 Å². The first kappa shape index (κ1) is 12.1. The fourth-order valence-electron chi connectivity index (χ4n) is 2.12. The molecule has 2 rings (SSSR count). The Morgan fingerprint density at radius 1 is 1.00 bits per heavy atom. The van der Waals surface area contributed by atoms with E-state index in [-0.39, 0.29) is 29.2 Å². The Bertz CT molecular complexity index is 324. The number of carbonyl (C=O) groups is 2. The van der Waals surface area contributed by atoms with Crippen molar-refractivity contribution in [3.05, 3.63) is 12.2 Å². The molecule has 94 valence electrons. The lowest BCUT2D eigenvalue weighted by Gasteiger charge is -2.23. The van der Waals surface area contributed by atoms with Gasteiger partial charge in [-0.05, 0) is 12.8 Å². The second kappa shape index (κ2) is 4.51. The number of esters is 2. The molecule has 2 atom stereocenters. The van der Waals surface area contributed by atoms with Crippen molar-refractivity contribution in [3.8, 4) is 0 Å². The maximum absolute atomic E-state index is 11.9. The van der Waals surface area contributed by atoms with E-state index in [2.05, 4.69) is 0 Å². The average Bonchev–Trinajstić information content (AvgIpc) is 2.36. The molecule has 0 N–H and O–H groups in total. The van der Waals surface area contributed by atoms with Crippen molar-refractivity contribution < 1.29 is 19.1 Å². The Morgan fingerprint density at radius 3 is 1.82 bits per heavy atom. The number of allylic oxidation sites excluding steroid dienone is 2. The van der Waals surface area contributed by atoms with Crippen LogP contribution in [0.2, 0.25) is 0 Å². The van der Waals surface area contributed by atoms with Gasteiger partial charge in [0.2, 0.25) is 0 Å². The molecule has 1 fully saturated rings. The lowest BCUT2D eigenvalue weighted by atomic mass is 9.83. The predicted octanol–water partition coefficient (Wildman–Crippen LogP) is 1.70. The molecule has 2 aliphatic rings. The van der Waals surface area contributed by atoms with Gasteiger partial charge in [0.25, 0.3) is 0 Å². The summed E-state index contributed by atoms with van der Waals surface area (Å²) in [6, 6.07) is 0. The molecule has 0 spiro atoms. The minimum Gasteiger partial charge on any atom is -0.465 e. The second-order valence-corrected chi connectivity index (χ2v) is 5.54. The van der Waals surface area contributed by atoms with Gasteiger partial charge in [0, 0.05) is 5.41 Å². The molecular weight excluding hydrogens is 220 g/mol. The minimum atomic E-state index is -0.374. The fourth-order valence-corrected chi connectivity index (χ4v) is 2.12. The summed E-state index contributed by atoms with van der Waals surface area (Å²) in [5, 5.41) is 0. The highest BCUT2D eigenvalue weighted by Gasteiger charge is 2.39. The maximum Gasteiger partial charge on any atom is 0.310 e. The Morgan fingerprint density at radius 2 is 1.41 bits per heavy atom. The summed E-state index contributed by atoms with van der Waals surface area (Å²) in [7, 11) is 0. The van der Waals surface area contributed by atoms with Gasteiger partial charge in [0.15, 0.2) is 0 Å². The largest absolute Gasteiger partial charge is 0.465 e. The first-order valence-corrected chi connectivity index (χ1v) is 5.98. The van der Waals surface area contributed by atoms with Gasteiger partial charge < -0.3 is 9.47 Å². The van der Waals surface area contributed by atoms with Crippen molar-refractivity contribution in [2.45, 2.75) is 26.7 Å². The van der Waals surface area contributed by atoms with Crippen molar-refractivity contribution >= 4 is 11.9 Å². The molecule has 0 aromatic heterocycles. The van der Waals surface area contributed by atoms with E-state index in [1.54, 1.807) is 0 Å². The summed E-state index contributed by atoms with van der Waals surface area (Å²) in [5.41, 5.74) is -0.313. The van der Waals surface area contributed by atoms with E-state index >= 15 is 0 Å². The number of carbonyl (C=O) groups excluding carboxylic acids is 2. The topological polar surface area (TPSA) is 52.6 Å². The van der Waals surface area contributed by atoms with Crippen LogP contribution in [0.25, 0.3) is 0 Å². The first-order chi connectivity index (χ1) is 7.99. The van der Waals surface area contributed by atoms with Gasteiger partial charge in [0.1, 0.15) is 0 Å². The van der Waals surface area contributed by atoms with Crippen molar-refractivity contribution in [2.24, 2.45) is 17.3 Å². The van der Waals surface area contributed by atoms with Gasteiger partial charge in [0.05, 0.1) is 25.0 Å². The fraction of sp³-hybridized carbons (Fsp3) is 0.692. The highest BCUT2D eigenvalue weighted by Crippen LogP contribution is 2.31. The summed E-state index contributed by atoms with van der Waals surface area (Å²) >= 11 is 0. The second-order valence-electron chi connectivity index (χ2n) is 5.54. The molecule has 0 saturated carbocycles. The number of rotatable bonds is 0. The Balaban J connectivity index is 2.21. The van der Waals surface area contributed by atoms with E-state index in [9.17, 15) is 9.59 Å². The molecule has 0 amide bonds. The molecule has 0 radical (unpaired) electrons. The Labute approximate surface area is 101 Å². The molecule has 0 aromatic carbocycles. The van der Waals surface area contributed by atoms with Crippen LogP contribution >= 0.6 is 0 Å². The van der Waals surface area contributed by atoms with Crippen LogP contribution in [0.1, 0.15) is 26.7 Å². The molecule has 1 aliphatic heterocycles. The van der Waals surface area contributed by atoms with Crippen LogP contribution in [0.15, 0.2) is 12.2 Å². The van der Waals surface area contributed by atoms with Gasteiger partial charge in [-0.3, -0.25) is 9.59 Å². The van der Waals surface area contributed by atoms with Gasteiger partial charge in [-0.2, -0.15) is 0 Å². The number of hydrogen-bond acceptors (Lipinski definition) is 4. The zero-order valence-corrected chi connectivity index (χ0v) is 10.3. The molecule has 17 heavy (non-hydrogen) atoms. The highest BCUT2D eigenvalue weighted by molar-refractivity contribution is 5.83. The Kier molecular flexibility index (Phi) is 3.22. The molecule has 4 heteroatoms. The van der Waals surface area contributed by atoms with Gasteiger partial charge in [-0.1, -0.05) is 26.0 Å². The van der Waals surface area contributed by atoms with Crippen LogP contribution in [0.4, 0.5) is 0 Å². The number of fused-ring (bicyclic) bond motifs is 1. The van der Waals surface area contributed by atoms with Gasteiger partial charge >= 0.3 is 11.9 Å². The lowest BCUT2D eigenvalue weighted by Crippen LogP contribution is -2.32. The molecular formula is C13H18O4. The third kappa shape index (κ3) is 2.68. The van der Waals surface area contributed by atoms with Crippen molar-refractivity contribution in [1.82, 2.24) is 0 Å². The first-order valence-electron chi connectivity index (χ1n) is 5.98. The van der Waals surface area contributed by atoms with Crippen molar-refractivity contribution in [2.75, 3.05) is 13.2 Å².